The minimum Gasteiger partial charge on any atom is -0.315 e. The fourth-order valence-corrected chi connectivity index (χ4v) is 3.11. The van der Waals surface area contributed by atoms with Crippen LogP contribution in [0, 0.1) is 11.6 Å². The summed E-state index contributed by atoms with van der Waals surface area (Å²) in [4.78, 5) is 0. The first-order chi connectivity index (χ1) is 9.59. The van der Waals surface area contributed by atoms with Gasteiger partial charge in [-0.3, -0.25) is 0 Å². The number of halogens is 3. The second-order valence-corrected chi connectivity index (χ2v) is 6.22. The molecule has 2 aromatic carbocycles. The van der Waals surface area contributed by atoms with Crippen molar-refractivity contribution in [1.82, 2.24) is 5.32 Å². The van der Waals surface area contributed by atoms with Crippen LogP contribution in [-0.4, -0.2) is 13.1 Å². The predicted octanol–water partition coefficient (Wildman–Crippen LogP) is 3.81. The Morgan fingerprint density at radius 3 is 2.35 bits per heavy atom. The van der Waals surface area contributed by atoms with E-state index in [-0.39, 0.29) is 17.0 Å². The Labute approximate surface area is 125 Å². The van der Waals surface area contributed by atoms with Crippen LogP contribution in [0.5, 0.6) is 0 Å². The molecule has 1 heterocycles. The Hall–Kier alpha value is -1.26. The number of benzene rings is 2. The molecule has 0 atom stereocenters. The highest BCUT2D eigenvalue weighted by Gasteiger charge is 2.39. The molecule has 1 fully saturated rings. The Balaban J connectivity index is 1.93. The summed E-state index contributed by atoms with van der Waals surface area (Å²) in [5.74, 6) is -0.439. The molecule has 1 aliphatic heterocycles. The summed E-state index contributed by atoms with van der Waals surface area (Å²) >= 11 is 3.38. The highest BCUT2D eigenvalue weighted by Crippen LogP contribution is 2.34. The normalized spacial score (nSPS) is 16.8. The van der Waals surface area contributed by atoms with Crippen molar-refractivity contribution in [2.75, 3.05) is 13.1 Å². The largest absolute Gasteiger partial charge is 0.315 e. The second kappa shape index (κ2) is 5.26. The van der Waals surface area contributed by atoms with Crippen LogP contribution in [0.15, 0.2) is 46.9 Å². The van der Waals surface area contributed by atoms with Gasteiger partial charge in [0.1, 0.15) is 11.6 Å². The van der Waals surface area contributed by atoms with E-state index in [0.717, 1.165) is 23.1 Å². The monoisotopic (exact) mass is 337 g/mol. The van der Waals surface area contributed by atoms with Gasteiger partial charge in [-0.25, -0.2) is 8.78 Å². The molecule has 20 heavy (non-hydrogen) atoms. The molecular formula is C16H14BrF2N. The summed E-state index contributed by atoms with van der Waals surface area (Å²) in [7, 11) is 0. The third-order valence-electron chi connectivity index (χ3n) is 3.92. The predicted molar refractivity (Wildman–Crippen MR) is 78.8 cm³/mol. The molecule has 1 nitrogen and oxygen atoms in total. The lowest BCUT2D eigenvalue weighted by Gasteiger charge is -2.43. The van der Waals surface area contributed by atoms with E-state index < -0.39 is 0 Å². The zero-order valence-corrected chi connectivity index (χ0v) is 12.4. The van der Waals surface area contributed by atoms with E-state index in [1.807, 2.05) is 6.07 Å². The van der Waals surface area contributed by atoms with Crippen LogP contribution >= 0.6 is 15.9 Å². The Morgan fingerprint density at radius 2 is 1.75 bits per heavy atom. The van der Waals surface area contributed by atoms with Gasteiger partial charge < -0.3 is 5.32 Å². The Kier molecular flexibility index (Phi) is 3.61. The molecule has 1 saturated heterocycles. The zero-order valence-electron chi connectivity index (χ0n) is 10.8. The van der Waals surface area contributed by atoms with Gasteiger partial charge in [0.05, 0.1) is 0 Å². The maximum Gasteiger partial charge on any atom is 0.126 e. The molecule has 3 rings (SSSR count). The lowest BCUT2D eigenvalue weighted by Crippen LogP contribution is -2.58. The fraction of sp³-hybridized carbons (Fsp3) is 0.250. The quantitative estimate of drug-likeness (QED) is 0.897. The van der Waals surface area contributed by atoms with Crippen molar-refractivity contribution in [2.45, 2.75) is 11.8 Å². The number of rotatable bonds is 3. The summed E-state index contributed by atoms with van der Waals surface area (Å²) in [5.41, 5.74) is 1.59. The van der Waals surface area contributed by atoms with Crippen LogP contribution in [0.3, 0.4) is 0 Å². The van der Waals surface area contributed by atoms with Crippen molar-refractivity contribution < 1.29 is 8.78 Å². The highest BCUT2D eigenvalue weighted by atomic mass is 79.9. The van der Waals surface area contributed by atoms with Crippen LogP contribution in [0.25, 0.3) is 0 Å². The average Bonchev–Trinajstić information content (AvgIpc) is 2.39. The van der Waals surface area contributed by atoms with Crippen LogP contribution < -0.4 is 5.32 Å². The highest BCUT2D eigenvalue weighted by molar-refractivity contribution is 9.10. The molecule has 0 bridgehead atoms. The molecule has 0 amide bonds. The van der Waals surface area contributed by atoms with Gasteiger partial charge in [0, 0.05) is 23.0 Å². The molecule has 0 spiro atoms. The summed E-state index contributed by atoms with van der Waals surface area (Å²) in [5, 5.41) is 3.24. The van der Waals surface area contributed by atoms with E-state index in [2.05, 4.69) is 21.2 Å². The first kappa shape index (κ1) is 13.7. The lowest BCUT2D eigenvalue weighted by atomic mass is 9.71. The third kappa shape index (κ3) is 2.50. The van der Waals surface area contributed by atoms with Gasteiger partial charge in [-0.15, -0.1) is 0 Å². The van der Waals surface area contributed by atoms with E-state index in [0.29, 0.717) is 12.0 Å². The lowest BCUT2D eigenvalue weighted by molar-refractivity contribution is 0.272. The number of hydrogen-bond acceptors (Lipinski definition) is 1. The summed E-state index contributed by atoms with van der Waals surface area (Å²) in [6.07, 6.45) is 0.608. The van der Waals surface area contributed by atoms with Crippen molar-refractivity contribution >= 4 is 15.9 Å². The summed E-state index contributed by atoms with van der Waals surface area (Å²) in [6.45, 7) is 1.56. The van der Waals surface area contributed by atoms with Gasteiger partial charge in [0.2, 0.25) is 0 Å². The summed E-state index contributed by atoms with van der Waals surface area (Å²) in [6, 6.07) is 11.5. The summed E-state index contributed by atoms with van der Waals surface area (Å²) < 4.78 is 27.9. The Bertz CT molecular complexity index is 621. The molecule has 1 N–H and O–H groups in total. The van der Waals surface area contributed by atoms with Gasteiger partial charge in [0.25, 0.3) is 0 Å². The molecule has 1 aliphatic rings. The van der Waals surface area contributed by atoms with Crippen LogP contribution in [0.2, 0.25) is 0 Å². The maximum absolute atomic E-state index is 13.9. The second-order valence-electron chi connectivity index (χ2n) is 5.30. The molecule has 0 radical (unpaired) electrons. The van der Waals surface area contributed by atoms with Crippen LogP contribution in [0.4, 0.5) is 8.78 Å². The van der Waals surface area contributed by atoms with Gasteiger partial charge in [-0.05, 0) is 47.9 Å². The van der Waals surface area contributed by atoms with E-state index in [9.17, 15) is 8.78 Å². The van der Waals surface area contributed by atoms with Gasteiger partial charge >= 0.3 is 0 Å². The maximum atomic E-state index is 13.9. The van der Waals surface area contributed by atoms with E-state index in [4.69, 9.17) is 0 Å². The zero-order chi connectivity index (χ0) is 14.2. The SMILES string of the molecule is Fc1ccc(C2(Cc3cc(Br)ccc3F)CNC2)cc1. The number of hydrogen-bond donors (Lipinski definition) is 1. The van der Waals surface area contributed by atoms with E-state index >= 15 is 0 Å². The minimum absolute atomic E-state index is 0.144. The molecule has 0 saturated carbocycles. The average molecular weight is 338 g/mol. The number of nitrogens with one attached hydrogen (secondary N) is 1. The van der Waals surface area contributed by atoms with Crippen LogP contribution in [-0.2, 0) is 11.8 Å². The van der Waals surface area contributed by atoms with Gasteiger partial charge in [-0.1, -0.05) is 28.1 Å². The standard InChI is InChI=1S/C16H14BrF2N/c17-13-3-6-15(19)11(7-13)8-16(9-20-10-16)12-1-4-14(18)5-2-12/h1-7,20H,8-10H2. The molecule has 104 valence electrons. The van der Waals surface area contributed by atoms with Crippen molar-refractivity contribution in [2.24, 2.45) is 0 Å². The van der Waals surface area contributed by atoms with Crippen molar-refractivity contribution in [1.29, 1.82) is 0 Å². The van der Waals surface area contributed by atoms with Crippen LogP contribution in [0.1, 0.15) is 11.1 Å². The van der Waals surface area contributed by atoms with Crippen molar-refractivity contribution in [3.8, 4) is 0 Å². The first-order valence-electron chi connectivity index (χ1n) is 6.50. The Morgan fingerprint density at radius 1 is 1.05 bits per heavy atom. The smallest absolute Gasteiger partial charge is 0.126 e. The molecular weight excluding hydrogens is 324 g/mol. The topological polar surface area (TPSA) is 12.0 Å². The third-order valence-corrected chi connectivity index (χ3v) is 4.41. The molecule has 0 unspecified atom stereocenters. The van der Waals surface area contributed by atoms with E-state index in [1.54, 1.807) is 18.2 Å². The fourth-order valence-electron chi connectivity index (χ4n) is 2.70. The van der Waals surface area contributed by atoms with Gasteiger partial charge in [-0.2, -0.15) is 0 Å². The molecule has 0 aromatic heterocycles. The first-order valence-corrected chi connectivity index (χ1v) is 7.29. The molecule has 4 heteroatoms. The van der Waals surface area contributed by atoms with E-state index in [1.165, 1.54) is 18.2 Å². The van der Waals surface area contributed by atoms with Crippen molar-refractivity contribution in [3.63, 3.8) is 0 Å². The minimum atomic E-state index is -0.246. The van der Waals surface area contributed by atoms with Crippen molar-refractivity contribution in [3.05, 3.63) is 69.7 Å². The molecule has 0 aliphatic carbocycles. The van der Waals surface area contributed by atoms with Gasteiger partial charge in [0.15, 0.2) is 0 Å². The molecule has 2 aromatic rings.